The molecule has 0 amide bonds. The van der Waals surface area contributed by atoms with Crippen molar-refractivity contribution in [3.8, 4) is 0 Å². The Hall–Kier alpha value is -1.87. The first-order valence-electron chi connectivity index (χ1n) is 7.35. The summed E-state index contributed by atoms with van der Waals surface area (Å²) in [6, 6.07) is 6.58. The van der Waals surface area contributed by atoms with Crippen molar-refractivity contribution in [3.63, 3.8) is 0 Å². The summed E-state index contributed by atoms with van der Waals surface area (Å²) in [6.45, 7) is 5.86. The highest BCUT2D eigenvalue weighted by Gasteiger charge is 2.20. The number of nitrogens with zero attached hydrogens (tertiary/aromatic N) is 3. The first-order valence-corrected chi connectivity index (χ1v) is 10.1. The Morgan fingerprint density at radius 2 is 1.83 bits per heavy atom. The summed E-state index contributed by atoms with van der Waals surface area (Å²) < 4.78 is 26.7. The molecule has 0 radical (unpaired) electrons. The minimum absolute atomic E-state index is 0.0517. The summed E-state index contributed by atoms with van der Waals surface area (Å²) in [5.41, 5.74) is 0.943. The Labute approximate surface area is 145 Å². The lowest BCUT2D eigenvalue weighted by Crippen LogP contribution is -2.15. The van der Waals surface area contributed by atoms with Gasteiger partial charge in [0, 0.05) is 17.3 Å². The van der Waals surface area contributed by atoms with Crippen molar-refractivity contribution in [1.82, 2.24) is 14.8 Å². The largest absolute Gasteiger partial charge is 0.306 e. The van der Waals surface area contributed by atoms with Gasteiger partial charge in [-0.3, -0.25) is 9.52 Å². The minimum Gasteiger partial charge on any atom is -0.306 e. The van der Waals surface area contributed by atoms with Gasteiger partial charge in [-0.1, -0.05) is 11.8 Å². The van der Waals surface area contributed by atoms with Gasteiger partial charge in [0.05, 0.1) is 11.5 Å². The standard InChI is InChI=1S/C15H20N4O3S2/c1-10(2)19-9-16-17-15(19)23-11(3)14(20)12-5-7-13(8-6-12)18-24(4,21)22/h5-11,18H,1-4H3/t11-/m0/s1. The normalized spacial score (nSPS) is 13.0. The molecule has 2 aromatic rings. The van der Waals surface area contributed by atoms with E-state index in [1.807, 2.05) is 25.3 Å². The van der Waals surface area contributed by atoms with Crippen molar-refractivity contribution in [2.24, 2.45) is 0 Å². The maximum absolute atomic E-state index is 12.5. The van der Waals surface area contributed by atoms with Gasteiger partial charge >= 0.3 is 0 Å². The van der Waals surface area contributed by atoms with E-state index in [0.29, 0.717) is 16.4 Å². The van der Waals surface area contributed by atoms with Crippen molar-refractivity contribution in [2.45, 2.75) is 37.2 Å². The number of Topliss-reactive ketones (excluding diaryl/α,β-unsaturated/α-hetero) is 1. The van der Waals surface area contributed by atoms with Crippen LogP contribution in [0.2, 0.25) is 0 Å². The molecule has 0 aliphatic heterocycles. The van der Waals surface area contributed by atoms with Crippen LogP contribution < -0.4 is 4.72 Å². The zero-order valence-electron chi connectivity index (χ0n) is 13.9. The molecule has 130 valence electrons. The number of hydrogen-bond donors (Lipinski definition) is 1. The van der Waals surface area contributed by atoms with E-state index in [1.54, 1.807) is 30.6 Å². The van der Waals surface area contributed by atoms with Crippen molar-refractivity contribution in [1.29, 1.82) is 0 Å². The Morgan fingerprint density at radius 1 is 1.21 bits per heavy atom. The number of ketones is 1. The molecule has 0 aliphatic carbocycles. The summed E-state index contributed by atoms with van der Waals surface area (Å²) in [4.78, 5) is 12.5. The van der Waals surface area contributed by atoms with Crippen molar-refractivity contribution >= 4 is 33.3 Å². The predicted molar refractivity (Wildman–Crippen MR) is 95.0 cm³/mol. The van der Waals surface area contributed by atoms with Crippen LogP contribution in [0.4, 0.5) is 5.69 Å². The molecule has 2 rings (SSSR count). The molecule has 0 fully saturated rings. The molecule has 24 heavy (non-hydrogen) atoms. The minimum atomic E-state index is -3.33. The fourth-order valence-corrected chi connectivity index (χ4v) is 3.63. The summed E-state index contributed by atoms with van der Waals surface area (Å²) in [5, 5.41) is 8.31. The van der Waals surface area contributed by atoms with Crippen LogP contribution >= 0.6 is 11.8 Å². The number of anilines is 1. The Balaban J connectivity index is 2.09. The molecule has 0 saturated heterocycles. The lowest BCUT2D eigenvalue weighted by atomic mass is 10.1. The second-order valence-corrected chi connectivity index (χ2v) is 8.75. The van der Waals surface area contributed by atoms with Gasteiger partial charge in [-0.05, 0) is 45.0 Å². The predicted octanol–water partition coefficient (Wildman–Crippen LogP) is 2.59. The van der Waals surface area contributed by atoms with Crippen LogP contribution in [-0.4, -0.2) is 40.5 Å². The second kappa shape index (κ2) is 7.35. The van der Waals surface area contributed by atoms with Crippen molar-refractivity contribution < 1.29 is 13.2 Å². The number of rotatable bonds is 7. The average Bonchev–Trinajstić information content (AvgIpc) is 2.94. The lowest BCUT2D eigenvalue weighted by molar-refractivity contribution is 0.0994. The molecule has 0 unspecified atom stereocenters. The van der Waals surface area contributed by atoms with Gasteiger partial charge in [0.1, 0.15) is 6.33 Å². The van der Waals surface area contributed by atoms with E-state index >= 15 is 0 Å². The number of sulfonamides is 1. The molecule has 1 heterocycles. The third-order valence-corrected chi connectivity index (χ3v) is 4.90. The van der Waals surface area contributed by atoms with Crippen LogP contribution in [0.3, 0.4) is 0 Å². The highest BCUT2D eigenvalue weighted by Crippen LogP contribution is 2.26. The molecule has 7 nitrogen and oxygen atoms in total. The van der Waals surface area contributed by atoms with Gasteiger partial charge in [0.2, 0.25) is 10.0 Å². The van der Waals surface area contributed by atoms with Crippen molar-refractivity contribution in [3.05, 3.63) is 36.2 Å². The summed E-state index contributed by atoms with van der Waals surface area (Å²) in [7, 11) is -3.33. The van der Waals surface area contributed by atoms with Crippen LogP contribution in [0, 0.1) is 0 Å². The van der Waals surface area contributed by atoms with Gasteiger partial charge in [-0.2, -0.15) is 0 Å². The van der Waals surface area contributed by atoms with E-state index in [-0.39, 0.29) is 17.1 Å². The third kappa shape index (κ3) is 4.81. The number of thioether (sulfide) groups is 1. The molecule has 9 heteroatoms. The highest BCUT2D eigenvalue weighted by atomic mass is 32.2. The first-order chi connectivity index (χ1) is 11.2. The molecule has 1 aromatic carbocycles. The summed E-state index contributed by atoms with van der Waals surface area (Å²) >= 11 is 1.35. The van der Waals surface area contributed by atoms with Gasteiger partial charge in [-0.25, -0.2) is 8.42 Å². The van der Waals surface area contributed by atoms with Crippen LogP contribution in [0.25, 0.3) is 0 Å². The molecule has 0 bridgehead atoms. The van der Waals surface area contributed by atoms with E-state index in [9.17, 15) is 13.2 Å². The van der Waals surface area contributed by atoms with Gasteiger partial charge in [0.25, 0.3) is 0 Å². The highest BCUT2D eigenvalue weighted by molar-refractivity contribution is 8.00. The Bertz CT molecular complexity index is 813. The third-order valence-electron chi connectivity index (χ3n) is 3.22. The molecule has 1 aromatic heterocycles. The number of carbonyl (C=O) groups is 1. The van der Waals surface area contributed by atoms with E-state index in [4.69, 9.17) is 0 Å². The van der Waals surface area contributed by atoms with E-state index in [2.05, 4.69) is 14.9 Å². The molecule has 1 N–H and O–H groups in total. The maximum atomic E-state index is 12.5. The van der Waals surface area contributed by atoms with E-state index in [1.165, 1.54) is 11.8 Å². The Morgan fingerprint density at radius 3 is 2.38 bits per heavy atom. The number of nitrogens with one attached hydrogen (secondary N) is 1. The molecule has 0 aliphatic rings. The van der Waals surface area contributed by atoms with Gasteiger partial charge in [0.15, 0.2) is 10.9 Å². The summed E-state index contributed by atoms with van der Waals surface area (Å²) in [6.07, 6.45) is 2.73. The van der Waals surface area contributed by atoms with Crippen molar-refractivity contribution in [2.75, 3.05) is 11.0 Å². The molecule has 0 spiro atoms. The van der Waals surface area contributed by atoms with Crippen LogP contribution in [0.5, 0.6) is 0 Å². The SMILES string of the molecule is CC(C)n1cnnc1S[C@@H](C)C(=O)c1ccc(NS(C)(=O)=O)cc1. The van der Waals surface area contributed by atoms with Gasteiger partial charge < -0.3 is 4.57 Å². The maximum Gasteiger partial charge on any atom is 0.229 e. The molecule has 1 atom stereocenters. The molecular weight excluding hydrogens is 348 g/mol. The second-order valence-electron chi connectivity index (χ2n) is 5.69. The summed E-state index contributed by atoms with van der Waals surface area (Å²) in [5.74, 6) is -0.0517. The zero-order valence-corrected chi connectivity index (χ0v) is 15.6. The number of carbonyl (C=O) groups excluding carboxylic acids is 1. The van der Waals surface area contributed by atoms with Crippen LogP contribution in [-0.2, 0) is 10.0 Å². The Kier molecular flexibility index (Phi) is 5.66. The fourth-order valence-electron chi connectivity index (χ4n) is 2.03. The first kappa shape index (κ1) is 18.5. The smallest absolute Gasteiger partial charge is 0.229 e. The average molecular weight is 368 g/mol. The van der Waals surface area contributed by atoms with E-state index < -0.39 is 10.0 Å². The lowest BCUT2D eigenvalue weighted by Gasteiger charge is -2.13. The zero-order chi connectivity index (χ0) is 17.9. The fraction of sp³-hybridized carbons (Fsp3) is 0.400. The van der Waals surface area contributed by atoms with Gasteiger partial charge in [-0.15, -0.1) is 10.2 Å². The van der Waals surface area contributed by atoms with Crippen LogP contribution in [0.15, 0.2) is 35.7 Å². The number of benzene rings is 1. The number of aromatic nitrogens is 3. The van der Waals surface area contributed by atoms with Crippen LogP contribution in [0.1, 0.15) is 37.2 Å². The number of hydrogen-bond acceptors (Lipinski definition) is 6. The quantitative estimate of drug-likeness (QED) is 0.596. The van der Waals surface area contributed by atoms with E-state index in [0.717, 1.165) is 6.26 Å². The molecule has 0 saturated carbocycles. The topological polar surface area (TPSA) is 93.9 Å². The monoisotopic (exact) mass is 368 g/mol. The molecular formula is C15H20N4O3S2.